The maximum Gasteiger partial charge on any atom is 0.258 e. The van der Waals surface area contributed by atoms with Crippen LogP contribution in [0, 0.1) is 6.92 Å². The summed E-state index contributed by atoms with van der Waals surface area (Å²) in [5.74, 6) is -0.0896. The van der Waals surface area contributed by atoms with Crippen molar-refractivity contribution in [3.05, 3.63) is 28.3 Å². The van der Waals surface area contributed by atoms with Crippen LogP contribution >= 0.6 is 36.4 Å². The Morgan fingerprint density at radius 3 is 2.33 bits per heavy atom. The van der Waals surface area contributed by atoms with E-state index in [0.29, 0.717) is 36.8 Å². The summed E-state index contributed by atoms with van der Waals surface area (Å²) < 4.78 is 26.8. The van der Waals surface area contributed by atoms with Gasteiger partial charge in [0.05, 0.1) is 0 Å². The molecule has 1 aliphatic rings. The Hall–Kier alpha value is -0.330. The highest BCUT2D eigenvalue weighted by atomic mass is 35.5. The molecular formula is C13H19Cl3F2N2O. The molecular weight excluding hydrogens is 345 g/mol. The molecule has 3 nitrogen and oxygen atoms in total. The van der Waals surface area contributed by atoms with Gasteiger partial charge in [0.1, 0.15) is 11.8 Å². The van der Waals surface area contributed by atoms with Crippen molar-refractivity contribution < 1.29 is 13.9 Å². The molecule has 1 aliphatic heterocycles. The van der Waals surface area contributed by atoms with Crippen molar-refractivity contribution in [1.29, 1.82) is 0 Å². The lowest BCUT2D eigenvalue weighted by Gasteiger charge is -2.35. The van der Waals surface area contributed by atoms with Crippen molar-refractivity contribution in [2.45, 2.75) is 19.4 Å². The summed E-state index contributed by atoms with van der Waals surface area (Å²) in [7, 11) is 0. The molecule has 0 amide bonds. The number of aryl methyl sites for hydroxylation is 1. The van der Waals surface area contributed by atoms with Crippen molar-refractivity contribution in [1.82, 2.24) is 10.2 Å². The average molecular weight is 364 g/mol. The van der Waals surface area contributed by atoms with E-state index in [9.17, 15) is 13.9 Å². The van der Waals surface area contributed by atoms with Crippen LogP contribution in [0.15, 0.2) is 12.1 Å². The van der Waals surface area contributed by atoms with Gasteiger partial charge in [-0.15, -0.1) is 24.8 Å². The van der Waals surface area contributed by atoms with E-state index in [2.05, 4.69) is 5.32 Å². The largest absolute Gasteiger partial charge is 0.507 e. The highest BCUT2D eigenvalue weighted by molar-refractivity contribution is 6.30. The van der Waals surface area contributed by atoms with Crippen LogP contribution in [0.5, 0.6) is 5.75 Å². The van der Waals surface area contributed by atoms with Gasteiger partial charge in [-0.25, -0.2) is 8.78 Å². The molecule has 122 valence electrons. The van der Waals surface area contributed by atoms with Gasteiger partial charge in [0.2, 0.25) is 0 Å². The van der Waals surface area contributed by atoms with Crippen molar-refractivity contribution in [2.24, 2.45) is 0 Å². The van der Waals surface area contributed by atoms with E-state index < -0.39 is 12.5 Å². The number of phenolic OH excluding ortho intramolecular Hbond substituents is 1. The fourth-order valence-corrected chi connectivity index (χ4v) is 2.72. The molecule has 2 N–H and O–H groups in total. The van der Waals surface area contributed by atoms with E-state index in [1.165, 1.54) is 6.07 Å². The molecule has 1 aromatic rings. The van der Waals surface area contributed by atoms with Crippen LogP contribution in [0.2, 0.25) is 5.02 Å². The molecule has 1 saturated heterocycles. The molecule has 0 radical (unpaired) electrons. The zero-order valence-electron chi connectivity index (χ0n) is 11.5. The Morgan fingerprint density at radius 1 is 1.24 bits per heavy atom. The molecule has 0 unspecified atom stereocenters. The van der Waals surface area contributed by atoms with Crippen LogP contribution in [0.1, 0.15) is 17.2 Å². The smallest absolute Gasteiger partial charge is 0.258 e. The van der Waals surface area contributed by atoms with Gasteiger partial charge in [-0.1, -0.05) is 11.6 Å². The Kier molecular flexibility index (Phi) is 8.81. The summed E-state index contributed by atoms with van der Waals surface area (Å²) in [5.41, 5.74) is 0.727. The summed E-state index contributed by atoms with van der Waals surface area (Å²) >= 11 is 5.92. The summed E-state index contributed by atoms with van der Waals surface area (Å²) in [6.07, 6.45) is -2.57. The molecule has 1 fully saturated rings. The van der Waals surface area contributed by atoms with Crippen LogP contribution in [-0.4, -0.2) is 42.6 Å². The monoisotopic (exact) mass is 362 g/mol. The third-order valence-electron chi connectivity index (χ3n) is 3.40. The molecule has 0 aromatic heterocycles. The normalized spacial score (nSPS) is 17.0. The van der Waals surface area contributed by atoms with Gasteiger partial charge >= 0.3 is 0 Å². The van der Waals surface area contributed by atoms with Crippen LogP contribution in [0.4, 0.5) is 8.78 Å². The predicted molar refractivity (Wildman–Crippen MR) is 85.5 cm³/mol. The zero-order valence-corrected chi connectivity index (χ0v) is 13.9. The second-order valence-corrected chi connectivity index (χ2v) is 5.16. The number of aromatic hydroxyl groups is 1. The number of phenols is 1. The molecule has 0 spiro atoms. The van der Waals surface area contributed by atoms with Gasteiger partial charge in [0, 0.05) is 36.8 Å². The number of rotatable bonds is 3. The third kappa shape index (κ3) is 4.83. The van der Waals surface area contributed by atoms with Crippen molar-refractivity contribution in [3.8, 4) is 5.75 Å². The molecule has 0 saturated carbocycles. The predicted octanol–water partition coefficient (Wildman–Crippen LogP) is 3.41. The van der Waals surface area contributed by atoms with Crippen molar-refractivity contribution >= 4 is 36.4 Å². The quantitative estimate of drug-likeness (QED) is 0.864. The molecule has 0 bridgehead atoms. The molecule has 1 aromatic carbocycles. The molecule has 1 atom stereocenters. The van der Waals surface area contributed by atoms with Crippen molar-refractivity contribution in [2.75, 3.05) is 26.2 Å². The molecule has 2 rings (SSSR count). The Morgan fingerprint density at radius 2 is 1.81 bits per heavy atom. The molecule has 1 heterocycles. The maximum atomic E-state index is 13.4. The van der Waals surface area contributed by atoms with E-state index in [1.807, 2.05) is 0 Å². The van der Waals surface area contributed by atoms with E-state index in [1.54, 1.807) is 17.9 Å². The number of benzene rings is 1. The summed E-state index contributed by atoms with van der Waals surface area (Å²) in [4.78, 5) is 1.69. The highest BCUT2D eigenvalue weighted by Crippen LogP contribution is 2.37. The number of hydrogen-bond donors (Lipinski definition) is 2. The lowest BCUT2D eigenvalue weighted by molar-refractivity contribution is 0.0170. The van der Waals surface area contributed by atoms with Gasteiger partial charge in [0.25, 0.3) is 6.43 Å². The van der Waals surface area contributed by atoms with Crippen LogP contribution in [0.3, 0.4) is 0 Å². The molecule has 8 heteroatoms. The van der Waals surface area contributed by atoms with Crippen LogP contribution in [0.25, 0.3) is 0 Å². The second-order valence-electron chi connectivity index (χ2n) is 4.73. The average Bonchev–Trinajstić information content (AvgIpc) is 2.36. The maximum absolute atomic E-state index is 13.4. The zero-order chi connectivity index (χ0) is 14.0. The Labute approximate surface area is 140 Å². The first-order valence-corrected chi connectivity index (χ1v) is 6.60. The summed E-state index contributed by atoms with van der Waals surface area (Å²) in [6.45, 7) is 4.05. The fraction of sp³-hybridized carbons (Fsp3) is 0.538. The van der Waals surface area contributed by atoms with E-state index in [-0.39, 0.29) is 36.1 Å². The number of nitrogens with zero attached hydrogens (tertiary/aromatic N) is 1. The first-order chi connectivity index (χ1) is 9.00. The third-order valence-corrected chi connectivity index (χ3v) is 3.62. The summed E-state index contributed by atoms with van der Waals surface area (Å²) in [5, 5.41) is 13.5. The number of alkyl halides is 2. The number of nitrogens with one attached hydrogen (secondary N) is 1. The standard InChI is InChI=1S/C13H17ClF2N2O.2ClH/c1-8-6-9(14)7-10(12(8)19)11(13(15)16)18-4-2-17-3-5-18;;/h6-7,11,13,17,19H,2-5H2,1H3;2*1H/t11-;;/m1../s1. The van der Waals surface area contributed by atoms with E-state index >= 15 is 0 Å². The lowest BCUT2D eigenvalue weighted by Crippen LogP contribution is -2.46. The minimum absolute atomic E-state index is 0. The minimum atomic E-state index is -2.57. The highest BCUT2D eigenvalue weighted by Gasteiger charge is 2.32. The van der Waals surface area contributed by atoms with Crippen LogP contribution in [-0.2, 0) is 0 Å². The fourth-order valence-electron chi connectivity index (χ4n) is 2.44. The first-order valence-electron chi connectivity index (χ1n) is 6.22. The van der Waals surface area contributed by atoms with Crippen molar-refractivity contribution in [3.63, 3.8) is 0 Å². The van der Waals surface area contributed by atoms with Gasteiger partial charge in [-0.2, -0.15) is 0 Å². The number of piperazine rings is 1. The van der Waals surface area contributed by atoms with Gasteiger partial charge in [-0.3, -0.25) is 4.90 Å². The van der Waals surface area contributed by atoms with Crippen LogP contribution < -0.4 is 5.32 Å². The van der Waals surface area contributed by atoms with Gasteiger partial charge in [-0.05, 0) is 24.6 Å². The first kappa shape index (κ1) is 20.7. The molecule has 21 heavy (non-hydrogen) atoms. The second kappa shape index (κ2) is 8.96. The number of halogens is 5. The molecule has 0 aliphatic carbocycles. The topological polar surface area (TPSA) is 35.5 Å². The van der Waals surface area contributed by atoms with E-state index in [4.69, 9.17) is 11.6 Å². The van der Waals surface area contributed by atoms with Gasteiger partial charge < -0.3 is 10.4 Å². The minimum Gasteiger partial charge on any atom is -0.507 e. The SMILES string of the molecule is Cc1cc(Cl)cc([C@H](C(F)F)N2CCNCC2)c1O.Cl.Cl. The van der Waals surface area contributed by atoms with Gasteiger partial charge in [0.15, 0.2) is 0 Å². The summed E-state index contributed by atoms with van der Waals surface area (Å²) in [6, 6.07) is 1.89. The Balaban J connectivity index is 0.00000200. The Bertz CT molecular complexity index is 457. The number of hydrogen-bond acceptors (Lipinski definition) is 3. The van der Waals surface area contributed by atoms with E-state index in [0.717, 1.165) is 0 Å². The lowest BCUT2D eigenvalue weighted by atomic mass is 10.0.